The first-order valence-corrected chi connectivity index (χ1v) is 7.12. The summed E-state index contributed by atoms with van der Waals surface area (Å²) in [6.45, 7) is 7.05. The first-order valence-electron chi connectivity index (χ1n) is 7.12. The molecule has 3 amide bonds. The highest BCUT2D eigenvalue weighted by molar-refractivity contribution is 6.07. The zero-order chi connectivity index (χ0) is 14.0. The maximum absolute atomic E-state index is 12.5. The summed E-state index contributed by atoms with van der Waals surface area (Å²) in [7, 11) is 0. The summed E-state index contributed by atoms with van der Waals surface area (Å²) in [6.07, 6.45) is 2.51. The molecule has 0 aromatic heterocycles. The average Bonchev–Trinajstić information content (AvgIpc) is 2.64. The molecule has 108 valence electrons. The van der Waals surface area contributed by atoms with Crippen molar-refractivity contribution in [2.75, 3.05) is 26.2 Å². The van der Waals surface area contributed by atoms with E-state index in [-0.39, 0.29) is 18.0 Å². The van der Waals surface area contributed by atoms with E-state index in [1.807, 2.05) is 6.92 Å². The monoisotopic (exact) mass is 268 g/mol. The molecule has 0 aromatic rings. The van der Waals surface area contributed by atoms with Gasteiger partial charge in [0.05, 0.1) is 6.04 Å². The van der Waals surface area contributed by atoms with Gasteiger partial charge in [-0.15, -0.1) is 0 Å². The number of nitrogens with zero attached hydrogens (tertiary/aromatic N) is 2. The molecular weight excluding hydrogens is 244 g/mol. The Morgan fingerprint density at radius 2 is 2.00 bits per heavy atom. The fourth-order valence-corrected chi connectivity index (χ4v) is 2.96. The smallest absolute Gasteiger partial charge is 0.325 e. The number of nitrogens with one attached hydrogen (secondary N) is 1. The van der Waals surface area contributed by atoms with E-state index < -0.39 is 5.54 Å². The minimum Gasteiger partial charge on any atom is -0.328 e. The summed E-state index contributed by atoms with van der Waals surface area (Å²) in [5.74, 6) is -0.0911. The molecule has 6 heteroatoms. The van der Waals surface area contributed by atoms with Gasteiger partial charge in [-0.2, -0.15) is 0 Å². The van der Waals surface area contributed by atoms with Crippen LogP contribution in [-0.4, -0.2) is 59.5 Å². The van der Waals surface area contributed by atoms with E-state index in [1.165, 1.54) is 4.90 Å². The van der Waals surface area contributed by atoms with Crippen molar-refractivity contribution < 1.29 is 9.59 Å². The number of rotatable bonds is 4. The summed E-state index contributed by atoms with van der Waals surface area (Å²) in [5.41, 5.74) is 4.90. The van der Waals surface area contributed by atoms with Crippen LogP contribution in [0.3, 0.4) is 0 Å². The van der Waals surface area contributed by atoms with Crippen LogP contribution >= 0.6 is 0 Å². The van der Waals surface area contributed by atoms with Gasteiger partial charge in [-0.3, -0.25) is 9.69 Å². The summed E-state index contributed by atoms with van der Waals surface area (Å²) >= 11 is 0. The van der Waals surface area contributed by atoms with Crippen molar-refractivity contribution in [1.29, 1.82) is 0 Å². The second-order valence-electron chi connectivity index (χ2n) is 5.61. The van der Waals surface area contributed by atoms with Crippen molar-refractivity contribution in [1.82, 2.24) is 15.1 Å². The number of hydrogen-bond acceptors (Lipinski definition) is 4. The molecule has 2 saturated heterocycles. The van der Waals surface area contributed by atoms with Crippen LogP contribution in [0, 0.1) is 0 Å². The van der Waals surface area contributed by atoms with Crippen LogP contribution in [0.1, 0.15) is 33.1 Å². The zero-order valence-electron chi connectivity index (χ0n) is 11.8. The topological polar surface area (TPSA) is 78.7 Å². The number of piperidine rings is 1. The first kappa shape index (κ1) is 14.3. The van der Waals surface area contributed by atoms with E-state index in [0.717, 1.165) is 26.1 Å². The van der Waals surface area contributed by atoms with E-state index in [4.69, 9.17) is 5.73 Å². The molecule has 0 aromatic carbocycles. The SMILES string of the molecule is CCCN1CCC2(CC1)NC(=O)N(C(C)CN)C2=O. The third-order valence-corrected chi connectivity index (χ3v) is 4.22. The molecule has 2 fully saturated rings. The normalized spacial score (nSPS) is 24.9. The largest absolute Gasteiger partial charge is 0.328 e. The number of hydrogen-bond donors (Lipinski definition) is 2. The minimum absolute atomic E-state index is 0.0911. The molecule has 1 unspecified atom stereocenters. The van der Waals surface area contributed by atoms with Crippen molar-refractivity contribution >= 4 is 11.9 Å². The number of nitrogens with two attached hydrogens (primary N) is 1. The second kappa shape index (κ2) is 5.46. The van der Waals surface area contributed by atoms with Gasteiger partial charge in [0, 0.05) is 19.6 Å². The molecule has 1 atom stereocenters. The Balaban J connectivity index is 2.07. The van der Waals surface area contributed by atoms with Gasteiger partial charge in [-0.25, -0.2) is 4.79 Å². The number of likely N-dealkylation sites (tertiary alicyclic amines) is 1. The Labute approximate surface area is 114 Å². The lowest BCUT2D eigenvalue weighted by Gasteiger charge is -2.37. The van der Waals surface area contributed by atoms with Crippen LogP contribution < -0.4 is 11.1 Å². The van der Waals surface area contributed by atoms with E-state index in [0.29, 0.717) is 19.4 Å². The summed E-state index contributed by atoms with van der Waals surface area (Å²) in [4.78, 5) is 28.2. The highest BCUT2D eigenvalue weighted by Gasteiger charge is 2.53. The van der Waals surface area contributed by atoms with Gasteiger partial charge >= 0.3 is 6.03 Å². The van der Waals surface area contributed by atoms with Crippen LogP contribution in [0.2, 0.25) is 0 Å². The third kappa shape index (κ3) is 2.47. The Kier molecular flexibility index (Phi) is 4.10. The van der Waals surface area contributed by atoms with Crippen molar-refractivity contribution in [2.24, 2.45) is 5.73 Å². The van der Waals surface area contributed by atoms with Crippen molar-refractivity contribution in [3.63, 3.8) is 0 Å². The summed E-state index contributed by atoms with van der Waals surface area (Å²) < 4.78 is 0. The summed E-state index contributed by atoms with van der Waals surface area (Å²) in [6, 6.07) is -0.521. The van der Waals surface area contributed by atoms with Gasteiger partial charge < -0.3 is 16.0 Å². The van der Waals surface area contributed by atoms with Crippen molar-refractivity contribution in [2.45, 2.75) is 44.7 Å². The van der Waals surface area contributed by atoms with Gasteiger partial charge in [0.2, 0.25) is 0 Å². The van der Waals surface area contributed by atoms with E-state index in [9.17, 15) is 9.59 Å². The number of carbonyl (C=O) groups is 2. The van der Waals surface area contributed by atoms with Gasteiger partial charge in [-0.05, 0) is 32.7 Å². The molecule has 2 aliphatic rings. The number of imide groups is 1. The second-order valence-corrected chi connectivity index (χ2v) is 5.61. The van der Waals surface area contributed by atoms with Gasteiger partial charge in [0.25, 0.3) is 5.91 Å². The minimum atomic E-state index is -0.676. The zero-order valence-corrected chi connectivity index (χ0v) is 11.8. The van der Waals surface area contributed by atoms with E-state index in [1.54, 1.807) is 0 Å². The Hall–Kier alpha value is -1.14. The van der Waals surface area contributed by atoms with Crippen LogP contribution in [-0.2, 0) is 4.79 Å². The van der Waals surface area contributed by atoms with E-state index >= 15 is 0 Å². The lowest BCUT2D eigenvalue weighted by Crippen LogP contribution is -2.55. The van der Waals surface area contributed by atoms with Crippen LogP contribution in [0.15, 0.2) is 0 Å². The fraction of sp³-hybridized carbons (Fsp3) is 0.846. The molecule has 19 heavy (non-hydrogen) atoms. The number of amides is 3. The van der Waals surface area contributed by atoms with E-state index in [2.05, 4.69) is 17.1 Å². The molecule has 2 rings (SSSR count). The molecular formula is C13H24N4O2. The molecule has 0 aliphatic carbocycles. The predicted octanol–water partition coefficient (Wildman–Crippen LogP) is 0.130. The van der Waals surface area contributed by atoms with Gasteiger partial charge in [0.15, 0.2) is 0 Å². The fourth-order valence-electron chi connectivity index (χ4n) is 2.96. The molecule has 0 saturated carbocycles. The molecule has 0 radical (unpaired) electrons. The number of urea groups is 1. The quantitative estimate of drug-likeness (QED) is 0.710. The Morgan fingerprint density at radius 3 is 2.53 bits per heavy atom. The van der Waals surface area contributed by atoms with Crippen molar-refractivity contribution in [3.05, 3.63) is 0 Å². The highest BCUT2D eigenvalue weighted by Crippen LogP contribution is 2.30. The average molecular weight is 268 g/mol. The Morgan fingerprint density at radius 1 is 1.37 bits per heavy atom. The lowest BCUT2D eigenvalue weighted by molar-refractivity contribution is -0.134. The number of carbonyl (C=O) groups excluding carboxylic acids is 2. The summed E-state index contributed by atoms with van der Waals surface area (Å²) in [5, 5.41) is 2.90. The molecule has 0 bridgehead atoms. The Bertz CT molecular complexity index is 364. The van der Waals surface area contributed by atoms with Crippen LogP contribution in [0.4, 0.5) is 4.79 Å². The third-order valence-electron chi connectivity index (χ3n) is 4.22. The molecule has 6 nitrogen and oxygen atoms in total. The molecule has 1 spiro atoms. The van der Waals surface area contributed by atoms with Crippen LogP contribution in [0.5, 0.6) is 0 Å². The van der Waals surface area contributed by atoms with Gasteiger partial charge in [-0.1, -0.05) is 6.92 Å². The van der Waals surface area contributed by atoms with Gasteiger partial charge in [0.1, 0.15) is 5.54 Å². The first-order chi connectivity index (χ1) is 9.04. The highest BCUT2D eigenvalue weighted by atomic mass is 16.2. The molecule has 2 heterocycles. The predicted molar refractivity (Wildman–Crippen MR) is 72.6 cm³/mol. The lowest BCUT2D eigenvalue weighted by atomic mass is 9.87. The molecule has 3 N–H and O–H groups in total. The maximum Gasteiger partial charge on any atom is 0.325 e. The van der Waals surface area contributed by atoms with Crippen LogP contribution in [0.25, 0.3) is 0 Å². The van der Waals surface area contributed by atoms with Crippen molar-refractivity contribution in [3.8, 4) is 0 Å². The standard InChI is InChI=1S/C13H24N4O2/c1-3-6-16-7-4-13(5-8-16)11(18)17(10(2)9-14)12(19)15-13/h10H,3-9,14H2,1-2H3,(H,15,19). The molecule has 2 aliphatic heterocycles. The maximum atomic E-state index is 12.5.